The van der Waals surface area contributed by atoms with Crippen LogP contribution in [0.2, 0.25) is 0 Å². The average molecular weight is 460 g/mol. The quantitative estimate of drug-likeness (QED) is 0.217. The van der Waals surface area contributed by atoms with Crippen LogP contribution in [-0.4, -0.2) is 77.1 Å². The van der Waals surface area contributed by atoms with Crippen molar-refractivity contribution < 1.29 is 136 Å². The van der Waals surface area contributed by atoms with Crippen LogP contribution < -0.4 is 59.1 Å². The van der Waals surface area contributed by atoms with E-state index in [1.54, 1.807) is 0 Å². The smallest absolute Gasteiger partial charge is 1.00 e. The maximum atomic E-state index is 8.82. The average Bonchev–Trinajstić information content (AvgIpc) is 1.19. The molecule has 0 atom stereocenters. The zero-order valence-electron chi connectivity index (χ0n) is 10.9. The predicted octanol–water partition coefficient (Wildman–Crippen LogP) is -13.7. The second-order valence-electron chi connectivity index (χ2n) is 0.716. The van der Waals surface area contributed by atoms with E-state index in [-0.39, 0.29) is 108 Å². The Morgan fingerprint density at radius 3 is 0.765 bits per heavy atom. The summed E-state index contributed by atoms with van der Waals surface area (Å²) in [6.07, 6.45) is 0. The summed E-state index contributed by atoms with van der Waals surface area (Å²) in [6.45, 7) is 0. The standard InChI is InChI=1S/AsH3O3.2Na.H2O4Se.5H2O.V.2H/c2-1(3)4;;;1-5(2,3)4;;;;;;;;/h2-4H;;;(H2,1,2,3,4);5*1H2;;;/q;2*+1;;;;;;;;2*-1. The fraction of sp³-hybridized carbons (Fsp3) is 0. The first kappa shape index (κ1) is 72.7. The summed E-state index contributed by atoms with van der Waals surface area (Å²) in [5, 5.41) is 0. The fourth-order valence-corrected chi connectivity index (χ4v) is 0. The predicted molar refractivity (Wildman–Crippen MR) is 44.3 cm³/mol. The summed E-state index contributed by atoms with van der Waals surface area (Å²) in [4.78, 5) is 0. The van der Waals surface area contributed by atoms with E-state index in [1.165, 1.54) is 0 Å². The van der Waals surface area contributed by atoms with Crippen LogP contribution in [0, 0.1) is 0 Å². The van der Waals surface area contributed by atoms with Crippen molar-refractivity contribution in [1.82, 2.24) is 0 Å². The van der Waals surface area contributed by atoms with Crippen LogP contribution in [0.4, 0.5) is 0 Å². The van der Waals surface area contributed by atoms with Gasteiger partial charge in [0, 0.05) is 18.6 Å². The third-order valence-corrected chi connectivity index (χ3v) is 0. The summed E-state index contributed by atoms with van der Waals surface area (Å²) in [5.74, 6) is 0. The molecule has 0 aliphatic carbocycles. The Morgan fingerprint density at radius 1 is 0.765 bits per heavy atom. The second-order valence-corrected chi connectivity index (χ2v) is 3.72. The van der Waals surface area contributed by atoms with E-state index in [4.69, 9.17) is 28.3 Å². The Morgan fingerprint density at radius 2 is 0.765 bits per heavy atom. The molecule has 0 aromatic carbocycles. The molecule has 0 aromatic heterocycles. The van der Waals surface area contributed by atoms with Crippen molar-refractivity contribution in [3.63, 3.8) is 0 Å². The van der Waals surface area contributed by atoms with Crippen LogP contribution in [0.25, 0.3) is 0 Å². The van der Waals surface area contributed by atoms with Gasteiger partial charge in [0.2, 0.25) is 0 Å². The summed E-state index contributed by atoms with van der Waals surface area (Å²) in [5.41, 5.74) is 0. The van der Waals surface area contributed by atoms with Crippen LogP contribution in [0.1, 0.15) is 2.85 Å². The molecule has 17 heavy (non-hydrogen) atoms. The maximum Gasteiger partial charge on any atom is 1.00 e. The number of rotatable bonds is 0. The van der Waals surface area contributed by atoms with E-state index in [0.717, 1.165) is 0 Å². The zero-order chi connectivity index (χ0) is 8.08. The van der Waals surface area contributed by atoms with Gasteiger partial charge in [0.15, 0.2) is 0 Å². The minimum absolute atomic E-state index is 0. The van der Waals surface area contributed by atoms with Crippen molar-refractivity contribution in [2.24, 2.45) is 0 Å². The number of hydrogen-bond acceptors (Lipinski definition) is 5. The van der Waals surface area contributed by atoms with E-state index in [1.807, 2.05) is 0 Å². The van der Waals surface area contributed by atoms with Gasteiger partial charge in [-0.2, -0.15) is 0 Å². The molecule has 1 radical (unpaired) electrons. The molecule has 0 heterocycles. The van der Waals surface area contributed by atoms with Crippen LogP contribution in [0.3, 0.4) is 0 Å². The van der Waals surface area contributed by atoms with E-state index >= 15 is 0 Å². The second kappa shape index (κ2) is 42.8. The van der Waals surface area contributed by atoms with Gasteiger partial charge in [-0.1, -0.05) is 0 Å². The first-order valence-corrected chi connectivity index (χ1v) is 6.75. The summed E-state index contributed by atoms with van der Waals surface area (Å²) in [6, 6.07) is 0. The van der Waals surface area contributed by atoms with Gasteiger partial charge in [-0.15, -0.1) is 0 Å². The molecule has 0 saturated heterocycles. The van der Waals surface area contributed by atoms with Gasteiger partial charge >= 0.3 is 116 Å². The van der Waals surface area contributed by atoms with E-state index in [0.29, 0.717) is 0 Å². The van der Waals surface area contributed by atoms with Crippen LogP contribution >= 0.6 is 0 Å². The molecular weight excluding hydrogens is 443 g/mol. The van der Waals surface area contributed by atoms with Gasteiger partial charge in [-0.3, -0.25) is 0 Å². The Balaban J connectivity index is -0.00000000340. The molecular formula is H17AsNa2O12SeV. The van der Waals surface area contributed by atoms with Gasteiger partial charge in [0.05, 0.1) is 0 Å². The molecule has 0 fully saturated rings. The van der Waals surface area contributed by atoms with Crippen molar-refractivity contribution in [3.05, 3.63) is 0 Å². The normalized spacial score (nSPS) is 5.53. The Kier molecular flexibility index (Phi) is 183. The molecule has 0 bridgehead atoms. The van der Waals surface area contributed by atoms with Crippen LogP contribution in [-0.2, 0) is 26.2 Å². The molecule has 12 nitrogen and oxygen atoms in total. The molecule has 15 N–H and O–H groups in total. The first-order chi connectivity index (χ1) is 3.73. The molecule has 0 aliphatic rings. The maximum absolute atomic E-state index is 8.82. The largest absolute Gasteiger partial charge is 1.00 e. The molecule has 0 unspecified atom stereocenters. The molecule has 107 valence electrons. The van der Waals surface area contributed by atoms with Crippen molar-refractivity contribution in [1.29, 1.82) is 0 Å². The Bertz CT molecular complexity index is 145. The van der Waals surface area contributed by atoms with Crippen LogP contribution in [0.5, 0.6) is 0 Å². The Labute approximate surface area is 163 Å². The molecule has 0 rings (SSSR count). The minimum Gasteiger partial charge on any atom is -1.00 e. The van der Waals surface area contributed by atoms with Gasteiger partial charge in [0.1, 0.15) is 0 Å². The monoisotopic (exact) mass is 461 g/mol. The van der Waals surface area contributed by atoms with Crippen molar-refractivity contribution in [3.8, 4) is 0 Å². The molecule has 0 spiro atoms. The van der Waals surface area contributed by atoms with E-state index < -0.39 is 29.0 Å². The van der Waals surface area contributed by atoms with Crippen LogP contribution in [0.15, 0.2) is 0 Å². The van der Waals surface area contributed by atoms with E-state index in [9.17, 15) is 0 Å². The topological polar surface area (TPSA) is 293 Å². The molecule has 0 aromatic rings. The molecule has 17 heteroatoms. The summed E-state index contributed by atoms with van der Waals surface area (Å²) >= 11 is -8.44. The van der Waals surface area contributed by atoms with Gasteiger partial charge in [-0.25, -0.2) is 0 Å². The molecule has 0 aliphatic heterocycles. The van der Waals surface area contributed by atoms with Gasteiger partial charge in [0.25, 0.3) is 0 Å². The van der Waals surface area contributed by atoms with Gasteiger partial charge in [-0.05, 0) is 0 Å². The van der Waals surface area contributed by atoms with Crippen molar-refractivity contribution >= 4 is 29.0 Å². The third kappa shape index (κ3) is 655. The molecule has 0 amide bonds. The SMILES string of the molecule is O.O.O.O.O.O=[Se](=O)(O)O.O[As](O)O.[H-].[H-].[Na+].[Na+].[V]. The van der Waals surface area contributed by atoms with E-state index in [2.05, 4.69) is 0 Å². The van der Waals surface area contributed by atoms with Gasteiger partial charge < -0.3 is 30.2 Å². The minimum atomic E-state index is -5.25. The third-order valence-electron chi connectivity index (χ3n) is 0. The van der Waals surface area contributed by atoms with Crippen molar-refractivity contribution in [2.75, 3.05) is 0 Å². The molecule has 0 saturated carbocycles. The zero-order valence-corrected chi connectivity index (χ0v) is 17.8. The number of hydrogen-bond donors (Lipinski definition) is 5. The van der Waals surface area contributed by atoms with Crippen molar-refractivity contribution in [2.45, 2.75) is 0 Å². The summed E-state index contributed by atoms with van der Waals surface area (Å²) in [7, 11) is 0. The summed E-state index contributed by atoms with van der Waals surface area (Å²) < 4.78 is 53.8. The first-order valence-electron chi connectivity index (χ1n) is 1.30. The fourth-order valence-electron chi connectivity index (χ4n) is 0. The Hall–Kier alpha value is 2.86.